The van der Waals surface area contributed by atoms with Crippen LogP contribution in [0.1, 0.15) is 33.1 Å². The number of aliphatic carboxylic acids is 1. The topological polar surface area (TPSA) is 89.9 Å². The summed E-state index contributed by atoms with van der Waals surface area (Å²) in [7, 11) is 0. The number of nitrogens with one attached hydrogen (secondary N) is 1. The number of aliphatic hydroxyl groups is 1. The Bertz CT molecular complexity index is 320. The predicted molar refractivity (Wildman–Crippen MR) is 70.8 cm³/mol. The molecular weight excluding hydrogens is 248 g/mol. The standard InChI is InChI=1S/C13H24N2O4/c1-9(2)5-10(6-12(17)18)7-14-13(19)15-4-3-11(16)8-15/h9-11,16H,3-8H2,1-2H3,(H,14,19)(H,17,18)/t10-,11?/m0/s1. The summed E-state index contributed by atoms with van der Waals surface area (Å²) in [6.45, 7) is 5.36. The van der Waals surface area contributed by atoms with Crippen molar-refractivity contribution in [1.82, 2.24) is 10.2 Å². The fourth-order valence-corrected chi connectivity index (χ4v) is 2.42. The summed E-state index contributed by atoms with van der Waals surface area (Å²) >= 11 is 0. The van der Waals surface area contributed by atoms with Crippen LogP contribution in [0.3, 0.4) is 0 Å². The summed E-state index contributed by atoms with van der Waals surface area (Å²) in [5.41, 5.74) is 0. The van der Waals surface area contributed by atoms with E-state index in [0.717, 1.165) is 6.42 Å². The SMILES string of the molecule is CC(C)C[C@H](CNC(=O)N1CCC(O)C1)CC(=O)O. The van der Waals surface area contributed by atoms with E-state index in [1.54, 1.807) is 4.90 Å². The molecule has 2 amide bonds. The van der Waals surface area contributed by atoms with Crippen LogP contribution < -0.4 is 5.32 Å². The number of carbonyl (C=O) groups is 2. The highest BCUT2D eigenvalue weighted by atomic mass is 16.4. The van der Waals surface area contributed by atoms with E-state index in [1.807, 2.05) is 13.8 Å². The van der Waals surface area contributed by atoms with E-state index in [-0.39, 0.29) is 18.4 Å². The van der Waals surface area contributed by atoms with Crippen LogP contribution in [-0.4, -0.2) is 52.9 Å². The lowest BCUT2D eigenvalue weighted by atomic mass is 9.94. The minimum Gasteiger partial charge on any atom is -0.481 e. The molecule has 0 bridgehead atoms. The molecule has 6 nitrogen and oxygen atoms in total. The van der Waals surface area contributed by atoms with Gasteiger partial charge in [0, 0.05) is 26.1 Å². The molecule has 0 radical (unpaired) electrons. The van der Waals surface area contributed by atoms with Gasteiger partial charge in [-0.05, 0) is 24.7 Å². The largest absolute Gasteiger partial charge is 0.481 e. The highest BCUT2D eigenvalue weighted by Gasteiger charge is 2.25. The minimum absolute atomic E-state index is 0.0472. The third kappa shape index (κ3) is 5.92. The van der Waals surface area contributed by atoms with Crippen molar-refractivity contribution in [3.63, 3.8) is 0 Å². The van der Waals surface area contributed by atoms with Gasteiger partial charge in [-0.3, -0.25) is 4.79 Å². The van der Waals surface area contributed by atoms with Crippen molar-refractivity contribution in [3.8, 4) is 0 Å². The quantitative estimate of drug-likeness (QED) is 0.670. The van der Waals surface area contributed by atoms with Crippen LogP contribution >= 0.6 is 0 Å². The van der Waals surface area contributed by atoms with Gasteiger partial charge in [-0.2, -0.15) is 0 Å². The molecule has 19 heavy (non-hydrogen) atoms. The third-order valence-corrected chi connectivity index (χ3v) is 3.26. The van der Waals surface area contributed by atoms with Gasteiger partial charge < -0.3 is 20.4 Å². The average molecular weight is 272 g/mol. The Labute approximate surface area is 113 Å². The van der Waals surface area contributed by atoms with E-state index in [1.165, 1.54) is 0 Å². The van der Waals surface area contributed by atoms with E-state index < -0.39 is 12.1 Å². The third-order valence-electron chi connectivity index (χ3n) is 3.26. The van der Waals surface area contributed by atoms with Gasteiger partial charge in [0.2, 0.25) is 0 Å². The lowest BCUT2D eigenvalue weighted by Crippen LogP contribution is -2.41. The number of likely N-dealkylation sites (tertiary alicyclic amines) is 1. The maximum Gasteiger partial charge on any atom is 0.317 e. The summed E-state index contributed by atoms with van der Waals surface area (Å²) in [6.07, 6.45) is 1.02. The molecule has 6 heteroatoms. The highest BCUT2D eigenvalue weighted by Crippen LogP contribution is 2.15. The van der Waals surface area contributed by atoms with Crippen LogP contribution in [0, 0.1) is 11.8 Å². The second-order valence-corrected chi connectivity index (χ2v) is 5.67. The van der Waals surface area contributed by atoms with Crippen LogP contribution in [0.2, 0.25) is 0 Å². The number of rotatable bonds is 6. The molecule has 1 rings (SSSR count). The second-order valence-electron chi connectivity index (χ2n) is 5.67. The van der Waals surface area contributed by atoms with Crippen molar-refractivity contribution in [3.05, 3.63) is 0 Å². The van der Waals surface area contributed by atoms with E-state index in [9.17, 15) is 14.7 Å². The molecular formula is C13H24N2O4. The molecule has 110 valence electrons. The monoisotopic (exact) mass is 272 g/mol. The normalized spacial score (nSPS) is 20.6. The Morgan fingerprint density at radius 1 is 1.42 bits per heavy atom. The lowest BCUT2D eigenvalue weighted by molar-refractivity contribution is -0.138. The van der Waals surface area contributed by atoms with Gasteiger partial charge in [0.25, 0.3) is 0 Å². The van der Waals surface area contributed by atoms with Gasteiger partial charge in [0.1, 0.15) is 0 Å². The first-order chi connectivity index (χ1) is 8.88. The number of amides is 2. The number of carbonyl (C=O) groups excluding carboxylic acids is 1. The number of carboxylic acid groups (broad SMARTS) is 1. The van der Waals surface area contributed by atoms with Crippen LogP contribution in [0.25, 0.3) is 0 Å². The fourth-order valence-electron chi connectivity index (χ4n) is 2.42. The molecule has 2 atom stereocenters. The maximum absolute atomic E-state index is 11.8. The van der Waals surface area contributed by atoms with Gasteiger partial charge in [-0.15, -0.1) is 0 Å². The summed E-state index contributed by atoms with van der Waals surface area (Å²) < 4.78 is 0. The Morgan fingerprint density at radius 2 is 2.11 bits per heavy atom. The van der Waals surface area contributed by atoms with Crippen molar-refractivity contribution in [1.29, 1.82) is 0 Å². The van der Waals surface area contributed by atoms with Gasteiger partial charge in [0.15, 0.2) is 0 Å². The van der Waals surface area contributed by atoms with E-state index in [4.69, 9.17) is 5.11 Å². The zero-order chi connectivity index (χ0) is 14.4. The molecule has 0 aromatic rings. The second kappa shape index (κ2) is 7.33. The molecule has 0 aliphatic carbocycles. The van der Waals surface area contributed by atoms with E-state index >= 15 is 0 Å². The van der Waals surface area contributed by atoms with E-state index in [2.05, 4.69) is 5.32 Å². The minimum atomic E-state index is -0.837. The molecule has 3 N–H and O–H groups in total. The van der Waals surface area contributed by atoms with Crippen LogP contribution in [0.15, 0.2) is 0 Å². The molecule has 1 aliphatic rings. The molecule has 1 fully saturated rings. The molecule has 0 saturated carbocycles. The molecule has 0 aromatic heterocycles. The fraction of sp³-hybridized carbons (Fsp3) is 0.846. The summed E-state index contributed by atoms with van der Waals surface area (Å²) in [6, 6.07) is -0.212. The lowest BCUT2D eigenvalue weighted by Gasteiger charge is -2.21. The Hall–Kier alpha value is -1.30. The van der Waals surface area contributed by atoms with Crippen molar-refractivity contribution < 1.29 is 19.8 Å². The molecule has 1 unspecified atom stereocenters. The average Bonchev–Trinajstić information content (AvgIpc) is 2.71. The Kier molecular flexibility index (Phi) is 6.08. The number of aliphatic hydroxyl groups excluding tert-OH is 1. The number of carboxylic acids is 1. The predicted octanol–water partition coefficient (Wildman–Crippen LogP) is 0.900. The Morgan fingerprint density at radius 3 is 2.58 bits per heavy atom. The number of β-amino-alcohol motifs (C(OH)–C–C–N with tert-alkyl or cyclic N) is 1. The van der Waals surface area contributed by atoms with Crippen LogP contribution in [0.4, 0.5) is 4.79 Å². The maximum atomic E-state index is 11.8. The zero-order valence-electron chi connectivity index (χ0n) is 11.6. The van der Waals surface area contributed by atoms with Crippen molar-refractivity contribution in [2.45, 2.75) is 39.2 Å². The van der Waals surface area contributed by atoms with Crippen LogP contribution in [-0.2, 0) is 4.79 Å². The molecule has 0 aromatic carbocycles. The van der Waals surface area contributed by atoms with Crippen molar-refractivity contribution in [2.24, 2.45) is 11.8 Å². The number of hydrogen-bond donors (Lipinski definition) is 3. The number of hydrogen-bond acceptors (Lipinski definition) is 3. The van der Waals surface area contributed by atoms with Crippen molar-refractivity contribution >= 4 is 12.0 Å². The van der Waals surface area contributed by atoms with E-state index in [0.29, 0.717) is 32.0 Å². The Balaban J connectivity index is 2.37. The zero-order valence-corrected chi connectivity index (χ0v) is 11.6. The summed E-state index contributed by atoms with van der Waals surface area (Å²) in [4.78, 5) is 24.2. The molecule has 0 spiro atoms. The molecule has 1 heterocycles. The summed E-state index contributed by atoms with van der Waals surface area (Å²) in [5.74, 6) is -0.486. The first-order valence-corrected chi connectivity index (χ1v) is 6.81. The molecule has 1 saturated heterocycles. The highest BCUT2D eigenvalue weighted by molar-refractivity contribution is 5.74. The number of urea groups is 1. The van der Waals surface area contributed by atoms with Crippen molar-refractivity contribution in [2.75, 3.05) is 19.6 Å². The first-order valence-electron chi connectivity index (χ1n) is 6.81. The van der Waals surface area contributed by atoms with Gasteiger partial charge >= 0.3 is 12.0 Å². The van der Waals surface area contributed by atoms with Gasteiger partial charge in [-0.25, -0.2) is 4.79 Å². The molecule has 1 aliphatic heterocycles. The first kappa shape index (κ1) is 15.8. The number of nitrogens with zero attached hydrogens (tertiary/aromatic N) is 1. The van der Waals surface area contributed by atoms with Crippen LogP contribution in [0.5, 0.6) is 0 Å². The van der Waals surface area contributed by atoms with Gasteiger partial charge in [0.05, 0.1) is 6.10 Å². The summed E-state index contributed by atoms with van der Waals surface area (Å²) in [5, 5.41) is 21.0. The van der Waals surface area contributed by atoms with Gasteiger partial charge in [-0.1, -0.05) is 13.8 Å². The smallest absolute Gasteiger partial charge is 0.317 e.